The lowest BCUT2D eigenvalue weighted by atomic mass is 10.3. The molecule has 0 aromatic carbocycles. The maximum atomic E-state index is 5.88. The number of aryl methyl sites for hydroxylation is 1. The minimum atomic E-state index is 0.452. The van der Waals surface area contributed by atoms with Crippen LogP contribution in [0.3, 0.4) is 0 Å². The van der Waals surface area contributed by atoms with Gasteiger partial charge >= 0.3 is 0 Å². The summed E-state index contributed by atoms with van der Waals surface area (Å²) in [7, 11) is 0. The fraction of sp³-hybridized carbons (Fsp3) is 0.0833. The monoisotopic (exact) mass is 244 g/mol. The van der Waals surface area contributed by atoms with E-state index in [0.717, 1.165) is 17.0 Å². The van der Waals surface area contributed by atoms with Crippen molar-refractivity contribution < 1.29 is 0 Å². The summed E-state index contributed by atoms with van der Waals surface area (Å²) in [5.41, 5.74) is 2.59. The van der Waals surface area contributed by atoms with Crippen molar-refractivity contribution in [1.29, 1.82) is 0 Å². The Balaban J connectivity index is 2.31. The molecule has 0 N–H and O–H groups in total. The van der Waals surface area contributed by atoms with E-state index in [-0.39, 0.29) is 0 Å². The summed E-state index contributed by atoms with van der Waals surface area (Å²) < 4.78 is 1.96. The van der Waals surface area contributed by atoms with Crippen molar-refractivity contribution in [1.82, 2.24) is 19.6 Å². The normalized spacial score (nSPS) is 10.9. The van der Waals surface area contributed by atoms with E-state index in [4.69, 9.17) is 11.6 Å². The van der Waals surface area contributed by atoms with E-state index < -0.39 is 0 Å². The van der Waals surface area contributed by atoms with Crippen LogP contribution in [-0.2, 0) is 0 Å². The first-order valence-electron chi connectivity index (χ1n) is 5.19. The molecule has 3 rings (SSSR count). The number of fused-ring (bicyclic) bond motifs is 1. The van der Waals surface area contributed by atoms with Crippen molar-refractivity contribution in [2.75, 3.05) is 0 Å². The van der Waals surface area contributed by atoms with Gasteiger partial charge in [-0.1, -0.05) is 23.7 Å². The number of nitrogens with zero attached hydrogens (tertiary/aromatic N) is 4. The average molecular weight is 245 g/mol. The molecule has 0 bridgehead atoms. The molecule has 0 unspecified atom stereocenters. The van der Waals surface area contributed by atoms with Crippen molar-refractivity contribution in [3.63, 3.8) is 0 Å². The number of rotatable bonds is 1. The van der Waals surface area contributed by atoms with E-state index in [1.54, 1.807) is 6.07 Å². The lowest BCUT2D eigenvalue weighted by Crippen LogP contribution is -1.95. The van der Waals surface area contributed by atoms with Gasteiger partial charge in [0, 0.05) is 5.69 Å². The lowest BCUT2D eigenvalue weighted by Gasteiger charge is -2.02. The first-order chi connectivity index (χ1) is 8.25. The predicted octanol–water partition coefficient (Wildman–Crippen LogP) is 2.75. The molecule has 0 amide bonds. The zero-order chi connectivity index (χ0) is 11.8. The average Bonchev–Trinajstić information content (AvgIpc) is 2.74. The number of halogens is 1. The smallest absolute Gasteiger partial charge is 0.187 e. The molecule has 0 fully saturated rings. The third-order valence-corrected chi connectivity index (χ3v) is 2.78. The lowest BCUT2D eigenvalue weighted by molar-refractivity contribution is 1.06. The van der Waals surface area contributed by atoms with Crippen LogP contribution in [0.5, 0.6) is 0 Å². The fourth-order valence-corrected chi connectivity index (χ4v) is 1.96. The van der Waals surface area contributed by atoms with E-state index >= 15 is 0 Å². The van der Waals surface area contributed by atoms with Crippen LogP contribution in [0.1, 0.15) is 5.69 Å². The number of hydrogen-bond donors (Lipinski definition) is 0. The van der Waals surface area contributed by atoms with Crippen molar-refractivity contribution in [3.8, 4) is 11.5 Å². The van der Waals surface area contributed by atoms with Crippen LogP contribution in [0.4, 0.5) is 0 Å². The zero-order valence-electron chi connectivity index (χ0n) is 9.13. The van der Waals surface area contributed by atoms with Crippen molar-refractivity contribution in [2.45, 2.75) is 6.92 Å². The van der Waals surface area contributed by atoms with Gasteiger partial charge < -0.3 is 0 Å². The Labute approximate surface area is 103 Å². The molecule has 0 saturated carbocycles. The molecule has 0 radical (unpaired) electrons. The second kappa shape index (κ2) is 3.82. The second-order valence-electron chi connectivity index (χ2n) is 3.73. The molecule has 3 aromatic rings. The van der Waals surface area contributed by atoms with Crippen molar-refractivity contribution >= 4 is 17.2 Å². The molecule has 0 atom stereocenters. The van der Waals surface area contributed by atoms with Crippen LogP contribution in [0, 0.1) is 6.92 Å². The van der Waals surface area contributed by atoms with Crippen LogP contribution in [0.2, 0.25) is 5.15 Å². The molecule has 0 spiro atoms. The molecule has 84 valence electrons. The minimum Gasteiger partial charge on any atom is -0.278 e. The van der Waals surface area contributed by atoms with Gasteiger partial charge in [-0.05, 0) is 31.2 Å². The van der Waals surface area contributed by atoms with Gasteiger partial charge in [0.2, 0.25) is 0 Å². The Hall–Kier alpha value is -1.94. The highest BCUT2D eigenvalue weighted by molar-refractivity contribution is 6.29. The summed E-state index contributed by atoms with van der Waals surface area (Å²) >= 11 is 5.88. The Bertz CT molecular complexity index is 690. The summed E-state index contributed by atoms with van der Waals surface area (Å²) in [4.78, 5) is 4.25. The van der Waals surface area contributed by atoms with E-state index in [9.17, 15) is 0 Å². The first kappa shape index (κ1) is 10.2. The van der Waals surface area contributed by atoms with Crippen LogP contribution in [0.15, 0.2) is 36.4 Å². The quantitative estimate of drug-likeness (QED) is 0.618. The van der Waals surface area contributed by atoms with Crippen molar-refractivity contribution in [2.24, 2.45) is 0 Å². The molecule has 5 heteroatoms. The number of aromatic nitrogens is 4. The number of hydrogen-bond acceptors (Lipinski definition) is 3. The molecule has 17 heavy (non-hydrogen) atoms. The van der Waals surface area contributed by atoms with Gasteiger partial charge in [-0.3, -0.25) is 4.40 Å². The largest absolute Gasteiger partial charge is 0.278 e. The number of pyridine rings is 2. The van der Waals surface area contributed by atoms with Gasteiger partial charge in [-0.25, -0.2) is 4.98 Å². The predicted molar refractivity (Wildman–Crippen MR) is 66.0 cm³/mol. The SMILES string of the molecule is Cc1cccc2nnc(-c3cccc(Cl)n3)n12. The van der Waals surface area contributed by atoms with Crippen LogP contribution >= 0.6 is 11.6 Å². The van der Waals surface area contributed by atoms with Gasteiger partial charge in [0.25, 0.3) is 0 Å². The summed E-state index contributed by atoms with van der Waals surface area (Å²) in [5.74, 6) is 0.709. The molecule has 3 aromatic heterocycles. The Morgan fingerprint density at radius 1 is 1.06 bits per heavy atom. The summed E-state index contributed by atoms with van der Waals surface area (Å²) in [6.07, 6.45) is 0. The molecule has 3 heterocycles. The molecule has 4 nitrogen and oxygen atoms in total. The maximum Gasteiger partial charge on any atom is 0.187 e. The molecule has 0 aliphatic rings. The van der Waals surface area contributed by atoms with Crippen LogP contribution < -0.4 is 0 Å². The molecule has 0 aliphatic heterocycles. The van der Waals surface area contributed by atoms with Gasteiger partial charge in [0.1, 0.15) is 10.8 Å². The highest BCUT2D eigenvalue weighted by atomic mass is 35.5. The highest BCUT2D eigenvalue weighted by Crippen LogP contribution is 2.19. The van der Waals surface area contributed by atoms with Gasteiger partial charge in [0.05, 0.1) is 0 Å². The summed E-state index contributed by atoms with van der Waals surface area (Å²) in [5, 5.41) is 8.73. The van der Waals surface area contributed by atoms with Gasteiger partial charge in [-0.2, -0.15) is 0 Å². The Morgan fingerprint density at radius 3 is 2.71 bits per heavy atom. The maximum absolute atomic E-state index is 5.88. The fourth-order valence-electron chi connectivity index (χ4n) is 1.80. The minimum absolute atomic E-state index is 0.452. The topological polar surface area (TPSA) is 43.1 Å². The third-order valence-electron chi connectivity index (χ3n) is 2.57. The Morgan fingerprint density at radius 2 is 1.88 bits per heavy atom. The van der Waals surface area contributed by atoms with E-state index in [1.807, 2.05) is 41.7 Å². The summed E-state index contributed by atoms with van der Waals surface area (Å²) in [6, 6.07) is 11.3. The highest BCUT2D eigenvalue weighted by Gasteiger charge is 2.10. The first-order valence-corrected chi connectivity index (χ1v) is 5.57. The van der Waals surface area contributed by atoms with Gasteiger partial charge in [0.15, 0.2) is 11.5 Å². The van der Waals surface area contributed by atoms with Crippen molar-refractivity contribution in [3.05, 3.63) is 47.2 Å². The van der Waals surface area contributed by atoms with Crippen LogP contribution in [-0.4, -0.2) is 19.6 Å². The second-order valence-corrected chi connectivity index (χ2v) is 4.12. The van der Waals surface area contributed by atoms with E-state index in [0.29, 0.717) is 11.0 Å². The summed E-state index contributed by atoms with van der Waals surface area (Å²) in [6.45, 7) is 2.00. The van der Waals surface area contributed by atoms with Crippen LogP contribution in [0.25, 0.3) is 17.2 Å². The standard InChI is InChI=1S/C12H9ClN4/c1-8-4-2-7-11-15-16-12(17(8)11)9-5-3-6-10(13)14-9/h2-7H,1H3. The molecular formula is C12H9ClN4. The Kier molecular flexibility index (Phi) is 2.30. The zero-order valence-corrected chi connectivity index (χ0v) is 9.89. The van der Waals surface area contributed by atoms with E-state index in [2.05, 4.69) is 15.2 Å². The van der Waals surface area contributed by atoms with Gasteiger partial charge in [-0.15, -0.1) is 10.2 Å². The molecule has 0 saturated heterocycles. The van der Waals surface area contributed by atoms with E-state index in [1.165, 1.54) is 0 Å². The molecule has 0 aliphatic carbocycles. The molecular weight excluding hydrogens is 236 g/mol. The third kappa shape index (κ3) is 1.66.